The first-order valence-electron chi connectivity index (χ1n) is 9.14. The van der Waals surface area contributed by atoms with Crippen LogP contribution in [0.2, 0.25) is 0 Å². The predicted octanol–water partition coefficient (Wildman–Crippen LogP) is 1.61. The molecule has 1 amide bonds. The second-order valence-electron chi connectivity index (χ2n) is 6.66. The Morgan fingerprint density at radius 3 is 2.52 bits per heavy atom. The van der Waals surface area contributed by atoms with Gasteiger partial charge in [-0.2, -0.15) is 4.98 Å². The van der Waals surface area contributed by atoms with Crippen LogP contribution in [0.4, 0.5) is 11.8 Å². The first-order valence-corrected chi connectivity index (χ1v) is 9.14. The van der Waals surface area contributed by atoms with Crippen molar-refractivity contribution in [2.45, 2.75) is 13.8 Å². The van der Waals surface area contributed by atoms with Crippen molar-refractivity contribution in [3.05, 3.63) is 35.7 Å². The summed E-state index contributed by atoms with van der Waals surface area (Å²) in [6.45, 7) is 7.08. The minimum atomic E-state index is -0.00987. The Hall–Kier alpha value is -2.90. The molecule has 0 N–H and O–H groups in total. The van der Waals surface area contributed by atoms with E-state index in [0.717, 1.165) is 11.5 Å². The molecule has 0 saturated carbocycles. The van der Waals surface area contributed by atoms with E-state index in [1.54, 1.807) is 18.3 Å². The zero-order valence-electron chi connectivity index (χ0n) is 16.3. The van der Waals surface area contributed by atoms with E-state index >= 15 is 0 Å². The largest absolute Gasteiger partial charge is 0.478 e. The summed E-state index contributed by atoms with van der Waals surface area (Å²) in [6.07, 6.45) is 1.58. The smallest absolute Gasteiger partial charge is 0.255 e. The molecule has 0 bridgehead atoms. The molecule has 2 aromatic rings. The molecule has 0 aliphatic carbocycles. The molecule has 1 aliphatic rings. The van der Waals surface area contributed by atoms with Crippen molar-refractivity contribution in [3.8, 4) is 5.88 Å². The number of hydrogen-bond donors (Lipinski definition) is 0. The summed E-state index contributed by atoms with van der Waals surface area (Å²) in [6, 6.07) is 5.46. The van der Waals surface area contributed by atoms with Gasteiger partial charge >= 0.3 is 0 Å². The third-order valence-electron chi connectivity index (χ3n) is 4.41. The maximum Gasteiger partial charge on any atom is 0.255 e. The van der Waals surface area contributed by atoms with E-state index in [1.807, 2.05) is 43.8 Å². The number of piperazine rings is 1. The van der Waals surface area contributed by atoms with Crippen LogP contribution in [0.3, 0.4) is 0 Å². The second kappa shape index (κ2) is 8.20. The highest BCUT2D eigenvalue weighted by atomic mass is 16.5. The molecular formula is C19H26N6O2. The summed E-state index contributed by atoms with van der Waals surface area (Å²) < 4.78 is 5.33. The average Bonchev–Trinajstić information content (AvgIpc) is 2.68. The van der Waals surface area contributed by atoms with Gasteiger partial charge in [-0.1, -0.05) is 0 Å². The molecule has 0 atom stereocenters. The van der Waals surface area contributed by atoms with Crippen molar-refractivity contribution in [2.24, 2.45) is 0 Å². The molecule has 0 spiro atoms. The molecule has 0 radical (unpaired) electrons. The quantitative estimate of drug-likeness (QED) is 0.791. The van der Waals surface area contributed by atoms with Crippen LogP contribution in [-0.2, 0) is 0 Å². The van der Waals surface area contributed by atoms with Crippen molar-refractivity contribution < 1.29 is 9.53 Å². The van der Waals surface area contributed by atoms with Crippen LogP contribution in [0.5, 0.6) is 5.88 Å². The Balaban J connectivity index is 1.64. The summed E-state index contributed by atoms with van der Waals surface area (Å²) in [5.74, 6) is 2.13. The van der Waals surface area contributed by atoms with E-state index in [4.69, 9.17) is 4.74 Å². The Bertz CT molecular complexity index is 785. The fraction of sp³-hybridized carbons (Fsp3) is 0.474. The number of aryl methyl sites for hydroxylation is 1. The van der Waals surface area contributed by atoms with Gasteiger partial charge in [0.05, 0.1) is 12.2 Å². The van der Waals surface area contributed by atoms with Crippen molar-refractivity contribution in [1.82, 2.24) is 19.9 Å². The number of rotatable bonds is 5. The summed E-state index contributed by atoms with van der Waals surface area (Å²) in [5.41, 5.74) is 1.51. The van der Waals surface area contributed by atoms with Gasteiger partial charge in [-0.3, -0.25) is 4.79 Å². The highest BCUT2D eigenvalue weighted by molar-refractivity contribution is 5.94. The third-order valence-corrected chi connectivity index (χ3v) is 4.41. The molecule has 8 nitrogen and oxygen atoms in total. The van der Waals surface area contributed by atoms with E-state index in [-0.39, 0.29) is 5.91 Å². The zero-order valence-corrected chi connectivity index (χ0v) is 16.3. The van der Waals surface area contributed by atoms with E-state index in [0.29, 0.717) is 50.2 Å². The topological polar surface area (TPSA) is 74.7 Å². The predicted molar refractivity (Wildman–Crippen MR) is 105 cm³/mol. The number of amides is 1. The molecule has 144 valence electrons. The lowest BCUT2D eigenvalue weighted by Crippen LogP contribution is -2.49. The minimum Gasteiger partial charge on any atom is -0.478 e. The monoisotopic (exact) mass is 370 g/mol. The maximum absolute atomic E-state index is 12.7. The Morgan fingerprint density at radius 2 is 1.93 bits per heavy atom. The molecule has 1 saturated heterocycles. The Kier molecular flexibility index (Phi) is 5.73. The highest BCUT2D eigenvalue weighted by Crippen LogP contribution is 2.18. The number of carbonyl (C=O) groups is 1. The van der Waals surface area contributed by atoms with Gasteiger partial charge in [0.1, 0.15) is 5.82 Å². The van der Waals surface area contributed by atoms with Crippen LogP contribution in [0.25, 0.3) is 0 Å². The Labute approximate surface area is 159 Å². The maximum atomic E-state index is 12.7. The number of nitrogens with zero attached hydrogens (tertiary/aromatic N) is 6. The van der Waals surface area contributed by atoms with E-state index in [2.05, 4.69) is 19.9 Å². The van der Waals surface area contributed by atoms with Gasteiger partial charge in [0.15, 0.2) is 0 Å². The van der Waals surface area contributed by atoms with Gasteiger partial charge in [-0.05, 0) is 19.9 Å². The molecule has 1 fully saturated rings. The van der Waals surface area contributed by atoms with Gasteiger partial charge in [0.25, 0.3) is 5.91 Å². The van der Waals surface area contributed by atoms with Gasteiger partial charge in [-0.15, -0.1) is 0 Å². The minimum absolute atomic E-state index is 0.00987. The van der Waals surface area contributed by atoms with E-state index in [9.17, 15) is 4.79 Å². The first kappa shape index (κ1) is 18.9. The highest BCUT2D eigenvalue weighted by Gasteiger charge is 2.24. The molecule has 8 heteroatoms. The fourth-order valence-corrected chi connectivity index (χ4v) is 2.94. The summed E-state index contributed by atoms with van der Waals surface area (Å²) in [5, 5.41) is 0. The van der Waals surface area contributed by atoms with Crippen LogP contribution >= 0.6 is 0 Å². The normalized spacial score (nSPS) is 14.2. The number of carbonyl (C=O) groups excluding carboxylic acids is 1. The molecule has 0 aromatic carbocycles. The molecule has 0 unspecified atom stereocenters. The number of anilines is 2. The summed E-state index contributed by atoms with van der Waals surface area (Å²) in [7, 11) is 3.93. The number of aromatic nitrogens is 3. The van der Waals surface area contributed by atoms with Gasteiger partial charge in [0.2, 0.25) is 11.8 Å². The van der Waals surface area contributed by atoms with Crippen molar-refractivity contribution in [3.63, 3.8) is 0 Å². The molecule has 1 aliphatic heterocycles. The summed E-state index contributed by atoms with van der Waals surface area (Å²) in [4.78, 5) is 32.0. The lowest BCUT2D eigenvalue weighted by atomic mass is 10.2. The Morgan fingerprint density at radius 1 is 1.19 bits per heavy atom. The summed E-state index contributed by atoms with van der Waals surface area (Å²) >= 11 is 0. The molecule has 27 heavy (non-hydrogen) atoms. The molecule has 3 heterocycles. The van der Waals surface area contributed by atoms with Gasteiger partial charge in [0, 0.05) is 64.3 Å². The van der Waals surface area contributed by atoms with Gasteiger partial charge in [-0.25, -0.2) is 9.97 Å². The third kappa shape index (κ3) is 4.45. The second-order valence-corrected chi connectivity index (χ2v) is 6.66. The van der Waals surface area contributed by atoms with Crippen LogP contribution < -0.4 is 14.5 Å². The van der Waals surface area contributed by atoms with E-state index in [1.165, 1.54) is 0 Å². The lowest BCUT2D eigenvalue weighted by Gasteiger charge is -2.35. The first-order chi connectivity index (χ1) is 13.0. The van der Waals surface area contributed by atoms with Crippen LogP contribution in [-0.4, -0.2) is 72.6 Å². The molecular weight excluding hydrogens is 344 g/mol. The average molecular weight is 370 g/mol. The lowest BCUT2D eigenvalue weighted by molar-refractivity contribution is 0.0745. The van der Waals surface area contributed by atoms with Crippen molar-refractivity contribution >= 4 is 17.7 Å². The number of ether oxygens (including phenoxy) is 1. The van der Waals surface area contributed by atoms with Crippen LogP contribution in [0, 0.1) is 6.92 Å². The fourth-order valence-electron chi connectivity index (χ4n) is 2.94. The van der Waals surface area contributed by atoms with Crippen LogP contribution in [0.15, 0.2) is 24.4 Å². The SMILES string of the molecule is CCOc1ccc(C(=O)N2CCN(c3nc(C)cc(N(C)C)n3)CC2)cn1. The molecule has 3 rings (SSSR count). The number of pyridine rings is 1. The van der Waals surface area contributed by atoms with Gasteiger partial charge < -0.3 is 19.4 Å². The zero-order chi connectivity index (χ0) is 19.4. The van der Waals surface area contributed by atoms with Crippen molar-refractivity contribution in [1.29, 1.82) is 0 Å². The standard InChI is InChI=1S/C19H26N6O2/c1-5-27-17-7-6-15(13-20-17)18(26)24-8-10-25(11-9-24)19-21-14(2)12-16(22-19)23(3)4/h6-7,12-13H,5,8-11H2,1-4H3. The van der Waals surface area contributed by atoms with Crippen LogP contribution in [0.1, 0.15) is 23.0 Å². The molecule has 2 aromatic heterocycles. The van der Waals surface area contributed by atoms with E-state index < -0.39 is 0 Å². The van der Waals surface area contributed by atoms with Crippen molar-refractivity contribution in [2.75, 3.05) is 56.7 Å². The number of hydrogen-bond acceptors (Lipinski definition) is 7.